The van der Waals surface area contributed by atoms with Gasteiger partial charge in [0.25, 0.3) is 0 Å². The molecule has 0 aliphatic carbocycles. The SMILES string of the molecule is CCC(C)N=CC=NC(C)CC.CCCN=CC=NCCC.[Ni]. The standard InChI is InChI=1S/C10H20N2.C8H16N2.Ni/c1-5-9(3)11-7-8-12-10(4)6-2;1-3-5-9-7-8-10-6-4-2;/h7-10H,5-6H2,1-4H3;7-8H,3-6H2,1-2H3;. The van der Waals surface area contributed by atoms with Crippen LogP contribution in [0.2, 0.25) is 0 Å². The summed E-state index contributed by atoms with van der Waals surface area (Å²) in [4.78, 5) is 16.7. The van der Waals surface area contributed by atoms with Gasteiger partial charge < -0.3 is 0 Å². The van der Waals surface area contributed by atoms with Gasteiger partial charge in [-0.15, -0.1) is 0 Å². The van der Waals surface area contributed by atoms with Gasteiger partial charge in [0.1, 0.15) is 0 Å². The van der Waals surface area contributed by atoms with Gasteiger partial charge in [0.15, 0.2) is 0 Å². The molecule has 0 aliphatic rings. The van der Waals surface area contributed by atoms with Gasteiger partial charge in [0, 0.05) is 66.5 Å². The molecule has 0 aromatic carbocycles. The fourth-order valence-electron chi connectivity index (χ4n) is 1.08. The van der Waals surface area contributed by atoms with Gasteiger partial charge in [0.05, 0.1) is 0 Å². The van der Waals surface area contributed by atoms with Gasteiger partial charge in [-0.05, 0) is 39.5 Å². The second-order valence-corrected chi connectivity index (χ2v) is 5.22. The molecule has 0 bridgehead atoms. The van der Waals surface area contributed by atoms with E-state index in [9.17, 15) is 0 Å². The van der Waals surface area contributed by atoms with Crippen LogP contribution in [0, 0.1) is 0 Å². The molecule has 0 amide bonds. The maximum absolute atomic E-state index is 4.27. The molecule has 0 saturated heterocycles. The maximum Gasteiger partial charge on any atom is 0.0469 e. The monoisotopic (exact) mass is 366 g/mol. The molecule has 0 aromatic rings. The molecule has 0 saturated carbocycles. The van der Waals surface area contributed by atoms with E-state index >= 15 is 0 Å². The number of aliphatic imine (C=N–C) groups is 4. The summed E-state index contributed by atoms with van der Waals surface area (Å²) in [6, 6.07) is 0.849. The molecule has 138 valence electrons. The van der Waals surface area contributed by atoms with Crippen molar-refractivity contribution in [3.63, 3.8) is 0 Å². The molecule has 0 spiro atoms. The van der Waals surface area contributed by atoms with Crippen molar-refractivity contribution in [1.82, 2.24) is 0 Å². The Morgan fingerprint density at radius 2 is 1.00 bits per heavy atom. The Morgan fingerprint density at radius 3 is 1.26 bits per heavy atom. The number of nitrogens with zero attached hydrogens (tertiary/aromatic N) is 4. The van der Waals surface area contributed by atoms with E-state index in [0.29, 0.717) is 12.1 Å². The summed E-state index contributed by atoms with van der Waals surface area (Å²) in [5, 5.41) is 0. The normalized spacial score (nSPS) is 14.2. The average Bonchev–Trinajstić information content (AvgIpc) is 2.55. The number of hydrogen-bond acceptors (Lipinski definition) is 4. The van der Waals surface area contributed by atoms with Gasteiger partial charge in [-0.25, -0.2) is 0 Å². The first-order chi connectivity index (χ1) is 10.6. The van der Waals surface area contributed by atoms with Gasteiger partial charge in [-0.2, -0.15) is 0 Å². The predicted octanol–water partition coefficient (Wildman–Crippen LogP) is 4.67. The van der Waals surface area contributed by atoms with Crippen molar-refractivity contribution in [3.05, 3.63) is 0 Å². The molecular formula is C18H36N4Ni. The molecule has 2 atom stereocenters. The number of hydrogen-bond donors (Lipinski definition) is 0. The molecule has 23 heavy (non-hydrogen) atoms. The first-order valence-electron chi connectivity index (χ1n) is 8.65. The van der Waals surface area contributed by atoms with Crippen LogP contribution in [0.5, 0.6) is 0 Å². The van der Waals surface area contributed by atoms with Gasteiger partial charge in [-0.1, -0.05) is 27.7 Å². The first-order valence-corrected chi connectivity index (χ1v) is 8.65. The van der Waals surface area contributed by atoms with Crippen LogP contribution in [-0.4, -0.2) is 50.0 Å². The summed E-state index contributed by atoms with van der Waals surface area (Å²) in [7, 11) is 0. The van der Waals surface area contributed by atoms with Crippen LogP contribution in [0.4, 0.5) is 0 Å². The Labute approximate surface area is 154 Å². The topological polar surface area (TPSA) is 49.4 Å². The Hall–Kier alpha value is -0.826. The van der Waals surface area contributed by atoms with E-state index in [2.05, 4.69) is 61.5 Å². The molecule has 0 radical (unpaired) electrons. The summed E-state index contributed by atoms with van der Waals surface area (Å²) in [6.45, 7) is 14.5. The minimum absolute atomic E-state index is 0. The van der Waals surface area contributed by atoms with Crippen molar-refractivity contribution in [1.29, 1.82) is 0 Å². The predicted molar refractivity (Wildman–Crippen MR) is 104 cm³/mol. The third kappa shape index (κ3) is 26.4. The van der Waals surface area contributed by atoms with Gasteiger partial charge in [-0.3, -0.25) is 20.0 Å². The third-order valence-electron chi connectivity index (χ3n) is 2.91. The van der Waals surface area contributed by atoms with Crippen LogP contribution in [-0.2, 0) is 16.5 Å². The summed E-state index contributed by atoms with van der Waals surface area (Å²) in [5.74, 6) is 0. The molecule has 5 heteroatoms. The van der Waals surface area contributed by atoms with Crippen LogP contribution in [0.25, 0.3) is 0 Å². The summed E-state index contributed by atoms with van der Waals surface area (Å²) in [6.07, 6.45) is 11.6. The average molecular weight is 367 g/mol. The van der Waals surface area contributed by atoms with Crippen LogP contribution in [0.3, 0.4) is 0 Å². The zero-order valence-electron chi connectivity index (χ0n) is 15.8. The molecule has 0 fully saturated rings. The van der Waals surface area contributed by atoms with E-state index < -0.39 is 0 Å². The van der Waals surface area contributed by atoms with Crippen molar-refractivity contribution in [2.75, 3.05) is 13.1 Å². The van der Waals surface area contributed by atoms with E-state index in [-0.39, 0.29) is 16.5 Å². The molecule has 0 heterocycles. The minimum Gasteiger partial charge on any atom is -0.292 e. The fraction of sp³-hybridized carbons (Fsp3) is 0.778. The van der Waals surface area contributed by atoms with Crippen molar-refractivity contribution in [2.45, 2.75) is 79.3 Å². The van der Waals surface area contributed by atoms with Crippen LogP contribution in [0.1, 0.15) is 67.2 Å². The molecule has 0 aliphatic heterocycles. The molecule has 0 N–H and O–H groups in total. The van der Waals surface area contributed by atoms with Gasteiger partial charge >= 0.3 is 0 Å². The second-order valence-electron chi connectivity index (χ2n) is 5.22. The molecular weight excluding hydrogens is 331 g/mol. The van der Waals surface area contributed by atoms with Crippen molar-refractivity contribution >= 4 is 24.9 Å². The van der Waals surface area contributed by atoms with Gasteiger partial charge in [0.2, 0.25) is 0 Å². The van der Waals surface area contributed by atoms with E-state index in [0.717, 1.165) is 38.8 Å². The summed E-state index contributed by atoms with van der Waals surface area (Å²) in [5.41, 5.74) is 0. The molecule has 4 nitrogen and oxygen atoms in total. The Bertz CT molecular complexity index is 293. The van der Waals surface area contributed by atoms with E-state index in [4.69, 9.17) is 0 Å². The Balaban J connectivity index is -0.000000338. The minimum atomic E-state index is 0. The van der Waals surface area contributed by atoms with E-state index in [1.54, 1.807) is 24.9 Å². The zero-order chi connectivity index (χ0) is 17.1. The molecule has 2 unspecified atom stereocenters. The maximum atomic E-state index is 4.27. The fourth-order valence-corrected chi connectivity index (χ4v) is 1.08. The zero-order valence-corrected chi connectivity index (χ0v) is 16.8. The first kappa shape index (κ1) is 27.0. The van der Waals surface area contributed by atoms with Crippen LogP contribution in [0.15, 0.2) is 20.0 Å². The second kappa shape index (κ2) is 23.4. The Kier molecular flexibility index (Phi) is 27.6. The van der Waals surface area contributed by atoms with Crippen molar-refractivity contribution < 1.29 is 16.5 Å². The van der Waals surface area contributed by atoms with Crippen molar-refractivity contribution in [2.24, 2.45) is 20.0 Å². The largest absolute Gasteiger partial charge is 0.292 e. The van der Waals surface area contributed by atoms with Crippen LogP contribution >= 0.6 is 0 Å². The number of rotatable bonds is 10. The van der Waals surface area contributed by atoms with Crippen molar-refractivity contribution in [3.8, 4) is 0 Å². The van der Waals surface area contributed by atoms with E-state index in [1.807, 2.05) is 0 Å². The molecule has 0 rings (SSSR count). The summed E-state index contributed by atoms with van der Waals surface area (Å²) < 4.78 is 0. The molecule has 0 aromatic heterocycles. The smallest absolute Gasteiger partial charge is 0.0469 e. The summed E-state index contributed by atoms with van der Waals surface area (Å²) >= 11 is 0. The van der Waals surface area contributed by atoms with E-state index in [1.165, 1.54) is 0 Å². The Morgan fingerprint density at radius 1 is 0.652 bits per heavy atom. The third-order valence-corrected chi connectivity index (χ3v) is 2.91. The quantitative estimate of drug-likeness (QED) is 0.398. The van der Waals surface area contributed by atoms with Crippen LogP contribution < -0.4 is 0 Å².